The Hall–Kier alpha value is -2.17. The van der Waals surface area contributed by atoms with E-state index in [0.29, 0.717) is 6.04 Å². The van der Waals surface area contributed by atoms with Gasteiger partial charge in [0, 0.05) is 24.0 Å². The molecule has 0 fully saturated rings. The molecular formula is C13H15N5. The maximum atomic E-state index is 4.63. The molecule has 0 aromatic carbocycles. The van der Waals surface area contributed by atoms with Crippen LogP contribution in [0.15, 0.2) is 24.5 Å². The van der Waals surface area contributed by atoms with Gasteiger partial charge in [-0.05, 0) is 32.9 Å². The highest BCUT2D eigenvalue weighted by molar-refractivity contribution is 5.78. The van der Waals surface area contributed by atoms with Gasteiger partial charge < -0.3 is 4.98 Å². The number of aryl methyl sites for hydroxylation is 1. The standard InChI is InChI=1S/C13H15N5/c1-8(2)18-13-11(9(3)17-18)15-12(16-13)10-5-4-6-14-7-10/h4-8H,1-3H3,(H,15,16). The normalized spacial score (nSPS) is 11.6. The van der Waals surface area contributed by atoms with Gasteiger partial charge in [0.1, 0.15) is 11.3 Å². The third-order valence-electron chi connectivity index (χ3n) is 2.95. The van der Waals surface area contributed by atoms with E-state index >= 15 is 0 Å². The predicted molar refractivity (Wildman–Crippen MR) is 70.2 cm³/mol. The van der Waals surface area contributed by atoms with Crippen LogP contribution in [0.4, 0.5) is 0 Å². The number of hydrogen-bond acceptors (Lipinski definition) is 3. The van der Waals surface area contributed by atoms with Crippen LogP contribution in [0.3, 0.4) is 0 Å². The summed E-state index contributed by atoms with van der Waals surface area (Å²) in [5, 5.41) is 4.49. The summed E-state index contributed by atoms with van der Waals surface area (Å²) < 4.78 is 1.95. The molecule has 0 aliphatic heterocycles. The van der Waals surface area contributed by atoms with Gasteiger partial charge in [-0.25, -0.2) is 9.67 Å². The first-order valence-corrected chi connectivity index (χ1v) is 6.02. The number of rotatable bonds is 2. The second-order valence-electron chi connectivity index (χ2n) is 4.65. The van der Waals surface area contributed by atoms with Crippen LogP contribution >= 0.6 is 0 Å². The number of fused-ring (bicyclic) bond motifs is 1. The molecular weight excluding hydrogens is 226 g/mol. The van der Waals surface area contributed by atoms with E-state index < -0.39 is 0 Å². The lowest BCUT2D eigenvalue weighted by Crippen LogP contribution is -2.03. The summed E-state index contributed by atoms with van der Waals surface area (Å²) in [6.45, 7) is 6.20. The lowest BCUT2D eigenvalue weighted by atomic mass is 10.3. The minimum absolute atomic E-state index is 0.297. The second kappa shape index (κ2) is 3.94. The fraction of sp³-hybridized carbons (Fsp3) is 0.308. The molecule has 3 rings (SSSR count). The van der Waals surface area contributed by atoms with Gasteiger partial charge in [-0.3, -0.25) is 4.98 Å². The monoisotopic (exact) mass is 241 g/mol. The van der Waals surface area contributed by atoms with Gasteiger partial charge >= 0.3 is 0 Å². The number of nitrogens with one attached hydrogen (secondary N) is 1. The molecule has 0 saturated carbocycles. The fourth-order valence-corrected chi connectivity index (χ4v) is 2.04. The number of imidazole rings is 1. The zero-order chi connectivity index (χ0) is 12.7. The Morgan fingerprint density at radius 1 is 1.33 bits per heavy atom. The average Bonchev–Trinajstić information content (AvgIpc) is 2.91. The molecule has 0 atom stereocenters. The van der Waals surface area contributed by atoms with Crippen molar-refractivity contribution in [3.63, 3.8) is 0 Å². The maximum Gasteiger partial charge on any atom is 0.177 e. The molecule has 92 valence electrons. The highest BCUT2D eigenvalue weighted by Gasteiger charge is 2.15. The van der Waals surface area contributed by atoms with Crippen LogP contribution in [0.5, 0.6) is 0 Å². The van der Waals surface area contributed by atoms with E-state index in [1.54, 1.807) is 12.4 Å². The minimum atomic E-state index is 0.297. The highest BCUT2D eigenvalue weighted by Crippen LogP contribution is 2.23. The first kappa shape index (κ1) is 11.0. The third kappa shape index (κ3) is 1.59. The van der Waals surface area contributed by atoms with E-state index in [1.165, 1.54) is 0 Å². The fourth-order valence-electron chi connectivity index (χ4n) is 2.04. The number of hydrogen-bond donors (Lipinski definition) is 1. The molecule has 18 heavy (non-hydrogen) atoms. The third-order valence-corrected chi connectivity index (χ3v) is 2.95. The molecule has 5 nitrogen and oxygen atoms in total. The first-order valence-electron chi connectivity index (χ1n) is 6.02. The van der Waals surface area contributed by atoms with E-state index in [0.717, 1.165) is 28.2 Å². The summed E-state index contributed by atoms with van der Waals surface area (Å²) in [6, 6.07) is 4.20. The van der Waals surface area contributed by atoms with Gasteiger partial charge in [-0.1, -0.05) is 0 Å². The molecule has 3 heterocycles. The van der Waals surface area contributed by atoms with Crippen molar-refractivity contribution in [1.29, 1.82) is 0 Å². The zero-order valence-electron chi connectivity index (χ0n) is 10.7. The molecule has 0 radical (unpaired) electrons. The summed E-state index contributed by atoms with van der Waals surface area (Å²) in [5.41, 5.74) is 3.87. The molecule has 0 amide bonds. The van der Waals surface area contributed by atoms with E-state index in [2.05, 4.69) is 33.9 Å². The molecule has 1 N–H and O–H groups in total. The molecule has 5 heteroatoms. The first-order chi connectivity index (χ1) is 8.66. The molecule has 0 bridgehead atoms. The summed E-state index contributed by atoms with van der Waals surface area (Å²) >= 11 is 0. The van der Waals surface area contributed by atoms with Crippen molar-refractivity contribution in [3.05, 3.63) is 30.2 Å². The van der Waals surface area contributed by atoms with Gasteiger partial charge in [0.25, 0.3) is 0 Å². The van der Waals surface area contributed by atoms with Gasteiger partial charge in [0.2, 0.25) is 0 Å². The molecule has 0 aliphatic carbocycles. The van der Waals surface area contributed by atoms with Gasteiger partial charge in [-0.15, -0.1) is 0 Å². The Morgan fingerprint density at radius 3 is 2.83 bits per heavy atom. The smallest absolute Gasteiger partial charge is 0.177 e. The van der Waals surface area contributed by atoms with Crippen molar-refractivity contribution < 1.29 is 0 Å². The van der Waals surface area contributed by atoms with Gasteiger partial charge in [0.15, 0.2) is 5.65 Å². The molecule has 3 aromatic rings. The molecule has 3 aromatic heterocycles. The Labute approximate surface area is 105 Å². The average molecular weight is 241 g/mol. The van der Waals surface area contributed by atoms with Crippen LogP contribution in [0.2, 0.25) is 0 Å². The topological polar surface area (TPSA) is 59.4 Å². The SMILES string of the molecule is Cc1nn(C(C)C)c2nc(-c3cccnc3)[nH]c12. The molecule has 0 aliphatic rings. The van der Waals surface area contributed by atoms with Crippen molar-refractivity contribution >= 4 is 11.2 Å². The minimum Gasteiger partial charge on any atom is -0.335 e. The lowest BCUT2D eigenvalue weighted by molar-refractivity contribution is 0.543. The van der Waals surface area contributed by atoms with E-state index in [-0.39, 0.29) is 0 Å². The summed E-state index contributed by atoms with van der Waals surface area (Å²) in [4.78, 5) is 12.1. The van der Waals surface area contributed by atoms with Crippen LogP contribution in [0.25, 0.3) is 22.6 Å². The molecule has 0 unspecified atom stereocenters. The molecule has 0 saturated heterocycles. The Bertz CT molecular complexity index is 678. The number of aromatic amines is 1. The van der Waals surface area contributed by atoms with Crippen molar-refractivity contribution in [2.75, 3.05) is 0 Å². The van der Waals surface area contributed by atoms with E-state index in [4.69, 9.17) is 0 Å². The maximum absolute atomic E-state index is 4.63. The van der Waals surface area contributed by atoms with Crippen LogP contribution in [0.1, 0.15) is 25.6 Å². The number of pyridine rings is 1. The van der Waals surface area contributed by atoms with Crippen LogP contribution in [0, 0.1) is 6.92 Å². The predicted octanol–water partition coefficient (Wildman–Crippen LogP) is 2.71. The quantitative estimate of drug-likeness (QED) is 0.750. The second-order valence-corrected chi connectivity index (χ2v) is 4.65. The number of aromatic nitrogens is 5. The van der Waals surface area contributed by atoms with Crippen LogP contribution in [-0.2, 0) is 0 Å². The van der Waals surface area contributed by atoms with E-state index in [1.807, 2.05) is 23.7 Å². The Balaban J connectivity index is 2.20. The van der Waals surface area contributed by atoms with Crippen molar-refractivity contribution in [1.82, 2.24) is 24.7 Å². The van der Waals surface area contributed by atoms with Crippen LogP contribution in [-0.4, -0.2) is 24.7 Å². The van der Waals surface area contributed by atoms with Crippen molar-refractivity contribution in [2.45, 2.75) is 26.8 Å². The summed E-state index contributed by atoms with van der Waals surface area (Å²) in [6.07, 6.45) is 3.56. The largest absolute Gasteiger partial charge is 0.335 e. The highest BCUT2D eigenvalue weighted by atomic mass is 15.3. The van der Waals surface area contributed by atoms with Crippen LogP contribution < -0.4 is 0 Å². The Kier molecular flexibility index (Phi) is 2.40. The lowest BCUT2D eigenvalue weighted by Gasteiger charge is -2.04. The van der Waals surface area contributed by atoms with Gasteiger partial charge in [-0.2, -0.15) is 5.10 Å². The number of H-pyrrole nitrogens is 1. The van der Waals surface area contributed by atoms with Crippen molar-refractivity contribution in [2.24, 2.45) is 0 Å². The van der Waals surface area contributed by atoms with Gasteiger partial charge in [0.05, 0.1) is 5.69 Å². The van der Waals surface area contributed by atoms with E-state index in [9.17, 15) is 0 Å². The van der Waals surface area contributed by atoms with Crippen molar-refractivity contribution in [3.8, 4) is 11.4 Å². The molecule has 0 spiro atoms. The Morgan fingerprint density at radius 2 is 2.17 bits per heavy atom. The number of nitrogens with zero attached hydrogens (tertiary/aromatic N) is 4. The summed E-state index contributed by atoms with van der Waals surface area (Å²) in [5.74, 6) is 0.841. The summed E-state index contributed by atoms with van der Waals surface area (Å²) in [7, 11) is 0. The zero-order valence-corrected chi connectivity index (χ0v) is 10.7.